The molecule has 3 aromatic rings. The zero-order valence-corrected chi connectivity index (χ0v) is 18.2. The normalized spacial score (nSPS) is 11.1. The number of benzene rings is 2. The van der Waals surface area contributed by atoms with Crippen LogP contribution in [-0.2, 0) is 6.18 Å². The summed E-state index contributed by atoms with van der Waals surface area (Å²) in [6.45, 7) is 0.627. The zero-order valence-electron chi connectivity index (χ0n) is 17.4. The quantitative estimate of drug-likeness (QED) is 0.387. The maximum absolute atomic E-state index is 12.7. The van der Waals surface area contributed by atoms with Crippen LogP contribution in [0, 0.1) is 0 Å². The zero-order chi connectivity index (χ0) is 23.8. The van der Waals surface area contributed by atoms with Crippen LogP contribution >= 0.6 is 11.6 Å². The summed E-state index contributed by atoms with van der Waals surface area (Å²) in [7, 11) is 1.51. The standard InChI is InChI=1S/C21H20ClF3N6O2/c1-26-18(32)16-11-14(6-7-17(16)22)30-20-29-12-28-19(31-20)27-8-3-9-33-15-5-2-4-13(10-15)21(23,24)25/h2,4-7,10-12H,3,8-9H2,1H3,(H,26,32)(H2,27,28,29,30,31). The second-order valence-corrected chi connectivity index (χ2v) is 7.09. The number of hydrogen-bond donors (Lipinski definition) is 3. The molecule has 174 valence electrons. The third kappa shape index (κ3) is 6.94. The van der Waals surface area contributed by atoms with Crippen LogP contribution in [0.15, 0.2) is 48.8 Å². The minimum absolute atomic E-state index is 0.149. The number of ether oxygens (including phenoxy) is 1. The van der Waals surface area contributed by atoms with E-state index in [0.29, 0.717) is 35.2 Å². The van der Waals surface area contributed by atoms with Crippen molar-refractivity contribution in [3.8, 4) is 5.75 Å². The summed E-state index contributed by atoms with van der Waals surface area (Å²) in [4.78, 5) is 24.2. The Labute approximate surface area is 192 Å². The third-order valence-electron chi connectivity index (χ3n) is 4.30. The van der Waals surface area contributed by atoms with Crippen molar-refractivity contribution in [3.63, 3.8) is 0 Å². The Bertz CT molecular complexity index is 1110. The molecule has 0 unspecified atom stereocenters. The molecule has 0 aliphatic carbocycles. The lowest BCUT2D eigenvalue weighted by atomic mass is 10.2. The van der Waals surface area contributed by atoms with Gasteiger partial charge in [0.05, 0.1) is 22.8 Å². The Morgan fingerprint density at radius 3 is 2.67 bits per heavy atom. The summed E-state index contributed by atoms with van der Waals surface area (Å²) in [5, 5.41) is 8.79. The monoisotopic (exact) mass is 480 g/mol. The highest BCUT2D eigenvalue weighted by molar-refractivity contribution is 6.34. The molecule has 33 heavy (non-hydrogen) atoms. The van der Waals surface area contributed by atoms with Gasteiger partial charge in [-0.25, -0.2) is 9.97 Å². The van der Waals surface area contributed by atoms with Gasteiger partial charge in [-0.05, 0) is 42.8 Å². The van der Waals surface area contributed by atoms with E-state index in [2.05, 4.69) is 30.9 Å². The summed E-state index contributed by atoms with van der Waals surface area (Å²) in [6, 6.07) is 9.56. The Morgan fingerprint density at radius 2 is 1.91 bits per heavy atom. The first-order valence-corrected chi connectivity index (χ1v) is 10.2. The smallest absolute Gasteiger partial charge is 0.416 e. The number of nitrogens with one attached hydrogen (secondary N) is 3. The number of nitrogens with zero attached hydrogens (tertiary/aromatic N) is 3. The van der Waals surface area contributed by atoms with Crippen LogP contribution in [-0.4, -0.2) is 41.1 Å². The number of hydrogen-bond acceptors (Lipinski definition) is 7. The van der Waals surface area contributed by atoms with Crippen molar-refractivity contribution in [3.05, 3.63) is 64.9 Å². The van der Waals surface area contributed by atoms with Crippen molar-refractivity contribution in [1.82, 2.24) is 20.3 Å². The van der Waals surface area contributed by atoms with Crippen LogP contribution in [0.4, 0.5) is 30.8 Å². The third-order valence-corrected chi connectivity index (χ3v) is 4.63. The van der Waals surface area contributed by atoms with Crippen LogP contribution < -0.4 is 20.7 Å². The first-order valence-electron chi connectivity index (χ1n) is 9.78. The number of halogens is 4. The highest BCUT2D eigenvalue weighted by Crippen LogP contribution is 2.31. The lowest BCUT2D eigenvalue weighted by molar-refractivity contribution is -0.137. The molecule has 12 heteroatoms. The minimum Gasteiger partial charge on any atom is -0.494 e. The van der Waals surface area contributed by atoms with Crippen molar-refractivity contribution < 1.29 is 22.7 Å². The fraction of sp³-hybridized carbons (Fsp3) is 0.238. The van der Waals surface area contributed by atoms with E-state index in [1.54, 1.807) is 18.2 Å². The molecule has 2 aromatic carbocycles. The molecule has 3 rings (SSSR count). The van der Waals surface area contributed by atoms with E-state index in [1.165, 1.54) is 25.5 Å². The molecule has 1 heterocycles. The van der Waals surface area contributed by atoms with Crippen LogP contribution in [0.2, 0.25) is 5.02 Å². The number of rotatable bonds is 9. The van der Waals surface area contributed by atoms with E-state index in [4.69, 9.17) is 16.3 Å². The van der Waals surface area contributed by atoms with Gasteiger partial charge in [0.1, 0.15) is 12.1 Å². The Balaban J connectivity index is 1.50. The van der Waals surface area contributed by atoms with E-state index in [1.807, 2.05) is 0 Å². The van der Waals surface area contributed by atoms with Gasteiger partial charge in [-0.15, -0.1) is 0 Å². The highest BCUT2D eigenvalue weighted by atomic mass is 35.5. The lowest BCUT2D eigenvalue weighted by Crippen LogP contribution is -2.18. The average molecular weight is 481 g/mol. The topological polar surface area (TPSA) is 101 Å². The number of amides is 1. The summed E-state index contributed by atoms with van der Waals surface area (Å²) in [6.07, 6.45) is -2.61. The van der Waals surface area contributed by atoms with Crippen molar-refractivity contribution >= 4 is 35.1 Å². The van der Waals surface area contributed by atoms with Crippen LogP contribution in [0.25, 0.3) is 0 Å². The van der Waals surface area contributed by atoms with Gasteiger partial charge in [0.2, 0.25) is 11.9 Å². The van der Waals surface area contributed by atoms with Crippen molar-refractivity contribution in [2.45, 2.75) is 12.6 Å². The SMILES string of the molecule is CNC(=O)c1cc(Nc2ncnc(NCCCOc3cccc(C(F)(F)F)c3)n2)ccc1Cl. The van der Waals surface area contributed by atoms with Crippen LogP contribution in [0.5, 0.6) is 5.75 Å². The minimum atomic E-state index is -4.42. The number of carbonyl (C=O) groups excluding carboxylic acids is 1. The average Bonchev–Trinajstić information content (AvgIpc) is 2.79. The fourth-order valence-corrected chi connectivity index (χ4v) is 2.91. The van der Waals surface area contributed by atoms with Gasteiger partial charge in [0, 0.05) is 19.3 Å². The predicted octanol–water partition coefficient (Wildman–Crippen LogP) is 4.53. The van der Waals surface area contributed by atoms with E-state index >= 15 is 0 Å². The molecule has 0 atom stereocenters. The van der Waals surface area contributed by atoms with Crippen LogP contribution in [0.3, 0.4) is 0 Å². The summed E-state index contributed by atoms with van der Waals surface area (Å²) >= 11 is 6.05. The molecule has 0 saturated heterocycles. The van der Waals surface area contributed by atoms with Gasteiger partial charge in [0.25, 0.3) is 5.91 Å². The summed E-state index contributed by atoms with van der Waals surface area (Å²) in [5.41, 5.74) is 0.105. The number of alkyl halides is 3. The molecule has 0 fully saturated rings. The van der Waals surface area contributed by atoms with E-state index in [9.17, 15) is 18.0 Å². The van der Waals surface area contributed by atoms with Crippen LogP contribution in [0.1, 0.15) is 22.3 Å². The maximum atomic E-state index is 12.7. The molecule has 0 bridgehead atoms. The highest BCUT2D eigenvalue weighted by Gasteiger charge is 2.30. The molecule has 1 aromatic heterocycles. The second kappa shape index (κ2) is 10.8. The molecule has 0 radical (unpaired) electrons. The van der Waals surface area contributed by atoms with Gasteiger partial charge >= 0.3 is 6.18 Å². The molecule has 0 aliphatic heterocycles. The molecule has 8 nitrogen and oxygen atoms in total. The molecule has 0 saturated carbocycles. The van der Waals surface area contributed by atoms with Crippen molar-refractivity contribution in [1.29, 1.82) is 0 Å². The summed E-state index contributed by atoms with van der Waals surface area (Å²) in [5.74, 6) is 0.370. The van der Waals surface area contributed by atoms with Gasteiger partial charge < -0.3 is 20.7 Å². The van der Waals surface area contributed by atoms with E-state index < -0.39 is 11.7 Å². The van der Waals surface area contributed by atoms with Gasteiger partial charge in [-0.3, -0.25) is 4.79 Å². The Kier molecular flexibility index (Phi) is 7.88. The molecular formula is C21H20ClF3N6O2. The Hall–Kier alpha value is -3.60. The number of aromatic nitrogens is 3. The first-order chi connectivity index (χ1) is 15.8. The van der Waals surface area contributed by atoms with Gasteiger partial charge in [-0.1, -0.05) is 17.7 Å². The second-order valence-electron chi connectivity index (χ2n) is 6.69. The molecule has 3 N–H and O–H groups in total. The largest absolute Gasteiger partial charge is 0.494 e. The van der Waals surface area contributed by atoms with Gasteiger partial charge in [0.15, 0.2) is 0 Å². The molecule has 0 spiro atoms. The molecular weight excluding hydrogens is 461 g/mol. The van der Waals surface area contributed by atoms with E-state index in [-0.39, 0.29) is 24.2 Å². The summed E-state index contributed by atoms with van der Waals surface area (Å²) < 4.78 is 43.6. The molecule has 0 aliphatic rings. The number of anilines is 3. The number of carbonyl (C=O) groups is 1. The Morgan fingerprint density at radius 1 is 1.12 bits per heavy atom. The van der Waals surface area contributed by atoms with E-state index in [0.717, 1.165) is 12.1 Å². The van der Waals surface area contributed by atoms with Crippen molar-refractivity contribution in [2.24, 2.45) is 0 Å². The fourth-order valence-electron chi connectivity index (χ4n) is 2.71. The van der Waals surface area contributed by atoms with Gasteiger partial charge in [-0.2, -0.15) is 18.2 Å². The van der Waals surface area contributed by atoms with Crippen molar-refractivity contribution in [2.75, 3.05) is 30.8 Å². The first kappa shape index (κ1) is 24.1. The predicted molar refractivity (Wildman–Crippen MR) is 118 cm³/mol. The maximum Gasteiger partial charge on any atom is 0.416 e. The molecule has 1 amide bonds. The lowest BCUT2D eigenvalue weighted by Gasteiger charge is -2.11.